The fourth-order valence-electron chi connectivity index (χ4n) is 0.281. The van der Waals surface area contributed by atoms with Crippen LogP contribution in [0.1, 0.15) is 13.3 Å². The SMILES string of the molecule is CCC[B]CI. The first-order chi connectivity index (χ1) is 2.91. The van der Waals surface area contributed by atoms with Crippen LogP contribution in [0.15, 0.2) is 0 Å². The smallest absolute Gasteiger partial charge is 0.0960 e. The maximum atomic E-state index is 2.36. The highest BCUT2D eigenvalue weighted by atomic mass is 127. The summed E-state index contributed by atoms with van der Waals surface area (Å²) in [5, 5.41) is 0. The van der Waals surface area contributed by atoms with Gasteiger partial charge in [-0.3, -0.25) is 0 Å². The molecule has 0 heterocycles. The van der Waals surface area contributed by atoms with Crippen molar-refractivity contribution in [3.63, 3.8) is 0 Å². The highest BCUT2D eigenvalue weighted by Crippen LogP contribution is 1.87. The first-order valence-electron chi connectivity index (χ1n) is 2.29. The normalized spacial score (nSPS) is 8.33. The summed E-state index contributed by atoms with van der Waals surface area (Å²) in [6.45, 7) is 2.20. The van der Waals surface area contributed by atoms with E-state index in [-0.39, 0.29) is 0 Å². The van der Waals surface area contributed by atoms with Crippen LogP contribution in [0.4, 0.5) is 0 Å². The third-order valence-corrected chi connectivity index (χ3v) is 1.22. The van der Waals surface area contributed by atoms with Crippen LogP contribution >= 0.6 is 22.6 Å². The van der Waals surface area contributed by atoms with Crippen molar-refractivity contribution >= 4 is 29.9 Å². The Morgan fingerprint density at radius 3 is 2.50 bits per heavy atom. The van der Waals surface area contributed by atoms with Gasteiger partial charge >= 0.3 is 0 Å². The fourth-order valence-corrected chi connectivity index (χ4v) is 0.722. The van der Waals surface area contributed by atoms with E-state index in [4.69, 9.17) is 0 Å². The molecule has 0 aliphatic rings. The summed E-state index contributed by atoms with van der Waals surface area (Å²) < 4.78 is 1.20. The van der Waals surface area contributed by atoms with Gasteiger partial charge in [0.15, 0.2) is 0 Å². The maximum Gasteiger partial charge on any atom is 0.122 e. The topological polar surface area (TPSA) is 0 Å². The van der Waals surface area contributed by atoms with Crippen molar-refractivity contribution in [3.05, 3.63) is 0 Å². The van der Waals surface area contributed by atoms with Crippen LogP contribution in [0.5, 0.6) is 0 Å². The molecule has 0 saturated carbocycles. The van der Waals surface area contributed by atoms with E-state index < -0.39 is 0 Å². The molecule has 2 heteroatoms. The zero-order valence-corrected chi connectivity index (χ0v) is 6.23. The molecule has 0 aliphatic carbocycles. The summed E-state index contributed by atoms with van der Waals surface area (Å²) in [6.07, 6.45) is 2.58. The molecule has 0 unspecified atom stereocenters. The minimum absolute atomic E-state index is 1.20. The molecule has 0 aromatic heterocycles. The molecule has 0 nitrogen and oxygen atoms in total. The van der Waals surface area contributed by atoms with Gasteiger partial charge in [-0.15, -0.1) is 0 Å². The van der Waals surface area contributed by atoms with Gasteiger partial charge < -0.3 is 0 Å². The van der Waals surface area contributed by atoms with E-state index in [1.54, 1.807) is 0 Å². The maximum absolute atomic E-state index is 2.36. The Hall–Kier alpha value is 0.795. The summed E-state index contributed by atoms with van der Waals surface area (Å²) in [5.41, 5.74) is 0. The lowest BCUT2D eigenvalue weighted by molar-refractivity contribution is 1.07. The van der Waals surface area contributed by atoms with E-state index in [9.17, 15) is 0 Å². The van der Waals surface area contributed by atoms with Crippen molar-refractivity contribution in [3.8, 4) is 0 Å². The van der Waals surface area contributed by atoms with Crippen molar-refractivity contribution < 1.29 is 0 Å². The van der Waals surface area contributed by atoms with Crippen LogP contribution < -0.4 is 0 Å². The molecular weight excluding hydrogens is 186 g/mol. The monoisotopic (exact) mass is 195 g/mol. The molecule has 0 aliphatic heterocycles. The fraction of sp³-hybridized carbons (Fsp3) is 1.00. The summed E-state index contributed by atoms with van der Waals surface area (Å²) in [6, 6.07) is 0. The van der Waals surface area contributed by atoms with Crippen LogP contribution in [0.2, 0.25) is 6.32 Å². The minimum atomic E-state index is 1.20. The minimum Gasteiger partial charge on any atom is -0.0960 e. The zero-order chi connectivity index (χ0) is 4.83. The van der Waals surface area contributed by atoms with E-state index in [0.717, 1.165) is 0 Å². The standard InChI is InChI=1S/C4H9BI/c1-2-3-5-4-6/h2-4H2,1H3. The first-order valence-corrected chi connectivity index (χ1v) is 3.82. The Bertz CT molecular complexity index is 19.5. The third kappa shape index (κ3) is 4.79. The van der Waals surface area contributed by atoms with Crippen LogP contribution in [-0.4, -0.2) is 11.6 Å². The Labute approximate surface area is 54.1 Å². The molecule has 0 fully saturated rings. The van der Waals surface area contributed by atoms with Gasteiger partial charge in [-0.25, -0.2) is 0 Å². The molecule has 6 heavy (non-hydrogen) atoms. The molecule has 0 aromatic carbocycles. The van der Waals surface area contributed by atoms with Gasteiger partial charge in [0.25, 0.3) is 0 Å². The molecule has 0 spiro atoms. The molecular formula is C4H9BI. The Morgan fingerprint density at radius 1 is 1.67 bits per heavy atom. The zero-order valence-electron chi connectivity index (χ0n) is 4.08. The lowest BCUT2D eigenvalue weighted by Crippen LogP contribution is -1.86. The van der Waals surface area contributed by atoms with E-state index in [2.05, 4.69) is 36.8 Å². The highest BCUT2D eigenvalue weighted by molar-refractivity contribution is 14.1. The lowest BCUT2D eigenvalue weighted by Gasteiger charge is -1.82. The Kier molecular flexibility index (Phi) is 6.56. The molecule has 0 rings (SSSR count). The van der Waals surface area contributed by atoms with Gasteiger partial charge in [-0.2, -0.15) is 0 Å². The molecule has 0 aromatic rings. The average molecular weight is 195 g/mol. The van der Waals surface area contributed by atoms with Gasteiger partial charge in [-0.05, 0) is 4.33 Å². The largest absolute Gasteiger partial charge is 0.122 e. The molecule has 35 valence electrons. The first kappa shape index (κ1) is 6.79. The molecule has 1 radical (unpaired) electrons. The second-order valence-electron chi connectivity index (χ2n) is 1.23. The molecule has 0 atom stereocenters. The summed E-state index contributed by atoms with van der Waals surface area (Å²) >= 11 is 2.36. The summed E-state index contributed by atoms with van der Waals surface area (Å²) in [4.78, 5) is 0. The number of rotatable bonds is 3. The Balaban J connectivity index is 2.34. The van der Waals surface area contributed by atoms with Crippen molar-refractivity contribution in [2.75, 3.05) is 4.33 Å². The van der Waals surface area contributed by atoms with Crippen LogP contribution in [0.3, 0.4) is 0 Å². The van der Waals surface area contributed by atoms with Gasteiger partial charge in [0, 0.05) is 0 Å². The molecule has 0 amide bonds. The predicted molar refractivity (Wildman–Crippen MR) is 39.7 cm³/mol. The predicted octanol–water partition coefficient (Wildman–Crippen LogP) is 1.91. The highest BCUT2D eigenvalue weighted by Gasteiger charge is 1.80. The van der Waals surface area contributed by atoms with E-state index >= 15 is 0 Å². The molecule has 0 N–H and O–H groups in total. The van der Waals surface area contributed by atoms with E-state index in [1.807, 2.05) is 0 Å². The van der Waals surface area contributed by atoms with Crippen LogP contribution in [0.25, 0.3) is 0 Å². The second-order valence-corrected chi connectivity index (χ2v) is 2.11. The van der Waals surface area contributed by atoms with Crippen molar-refractivity contribution in [2.24, 2.45) is 0 Å². The molecule has 0 saturated heterocycles. The summed E-state index contributed by atoms with van der Waals surface area (Å²) in [7, 11) is 2.29. The van der Waals surface area contributed by atoms with E-state index in [1.165, 1.54) is 17.1 Å². The quantitative estimate of drug-likeness (QED) is 0.279. The van der Waals surface area contributed by atoms with Crippen molar-refractivity contribution in [1.82, 2.24) is 0 Å². The number of hydrogen-bond donors (Lipinski definition) is 0. The summed E-state index contributed by atoms with van der Waals surface area (Å²) in [5.74, 6) is 0. The van der Waals surface area contributed by atoms with E-state index in [0.29, 0.717) is 0 Å². The van der Waals surface area contributed by atoms with Crippen LogP contribution in [0, 0.1) is 0 Å². The lowest BCUT2D eigenvalue weighted by atomic mass is 9.77. The number of hydrogen-bond acceptors (Lipinski definition) is 0. The van der Waals surface area contributed by atoms with Gasteiger partial charge in [-0.1, -0.05) is 42.3 Å². The van der Waals surface area contributed by atoms with Crippen LogP contribution in [-0.2, 0) is 0 Å². The average Bonchev–Trinajstić information content (AvgIpc) is 1.61. The van der Waals surface area contributed by atoms with Gasteiger partial charge in [0.2, 0.25) is 0 Å². The third-order valence-electron chi connectivity index (χ3n) is 0.602. The van der Waals surface area contributed by atoms with Gasteiger partial charge in [0.05, 0.1) is 0 Å². The molecule has 0 bridgehead atoms. The number of halogens is 1. The van der Waals surface area contributed by atoms with Gasteiger partial charge in [0.1, 0.15) is 7.28 Å². The number of alkyl halides is 1. The second kappa shape index (κ2) is 5.79. The Morgan fingerprint density at radius 2 is 2.33 bits per heavy atom. The van der Waals surface area contributed by atoms with Crippen molar-refractivity contribution in [2.45, 2.75) is 19.7 Å². The van der Waals surface area contributed by atoms with Crippen molar-refractivity contribution in [1.29, 1.82) is 0 Å².